The summed E-state index contributed by atoms with van der Waals surface area (Å²) >= 11 is 0. The number of hydrogen-bond donors (Lipinski definition) is 1. The Labute approximate surface area is 83.2 Å². The fourth-order valence-corrected chi connectivity index (χ4v) is 1.40. The topological polar surface area (TPSA) is 43.8 Å². The molecular weight excluding hydrogens is 174 g/mol. The molecule has 0 unspecified atom stereocenters. The molecule has 3 nitrogen and oxygen atoms in total. The van der Waals surface area contributed by atoms with Crippen LogP contribution in [0.3, 0.4) is 0 Å². The smallest absolute Gasteiger partial charge is 0.0877 e. The van der Waals surface area contributed by atoms with Gasteiger partial charge in [-0.2, -0.15) is 5.10 Å². The van der Waals surface area contributed by atoms with E-state index in [-0.39, 0.29) is 0 Å². The minimum Gasteiger partial charge on any atom is -0.397 e. The molecule has 0 radical (unpaired) electrons. The van der Waals surface area contributed by atoms with Gasteiger partial charge in [-0.25, -0.2) is 4.68 Å². The molecule has 2 N–H and O–H groups in total. The normalized spacial score (nSPS) is 10.4. The van der Waals surface area contributed by atoms with Crippen LogP contribution < -0.4 is 5.73 Å². The second-order valence-corrected chi connectivity index (χ2v) is 3.46. The second kappa shape index (κ2) is 3.18. The van der Waals surface area contributed by atoms with Crippen molar-refractivity contribution >= 4 is 5.69 Å². The molecular formula is C11H13N3. The van der Waals surface area contributed by atoms with Gasteiger partial charge in [0.1, 0.15) is 0 Å². The Morgan fingerprint density at radius 3 is 2.64 bits per heavy atom. The highest BCUT2D eigenvalue weighted by Gasteiger charge is 2.02. The zero-order valence-corrected chi connectivity index (χ0v) is 8.36. The lowest BCUT2D eigenvalue weighted by molar-refractivity contribution is 0.864. The van der Waals surface area contributed by atoms with E-state index in [1.165, 1.54) is 5.56 Å². The van der Waals surface area contributed by atoms with E-state index in [1.54, 1.807) is 4.68 Å². The molecule has 2 rings (SSSR count). The predicted molar refractivity (Wildman–Crippen MR) is 57.5 cm³/mol. The first-order valence-electron chi connectivity index (χ1n) is 4.55. The van der Waals surface area contributed by atoms with Gasteiger partial charge in [0, 0.05) is 6.20 Å². The lowest BCUT2D eigenvalue weighted by atomic mass is 10.2. The molecule has 0 fully saturated rings. The summed E-state index contributed by atoms with van der Waals surface area (Å²) in [5.41, 5.74) is 9.74. The van der Waals surface area contributed by atoms with Crippen molar-refractivity contribution in [3.8, 4) is 5.69 Å². The Bertz CT molecular complexity index is 457. The van der Waals surface area contributed by atoms with E-state index < -0.39 is 0 Å². The lowest BCUT2D eigenvalue weighted by Gasteiger charge is -2.06. The zero-order valence-electron chi connectivity index (χ0n) is 8.36. The van der Waals surface area contributed by atoms with Gasteiger partial charge in [0.05, 0.1) is 17.1 Å². The Morgan fingerprint density at radius 2 is 2.00 bits per heavy atom. The van der Waals surface area contributed by atoms with Gasteiger partial charge in [0.15, 0.2) is 0 Å². The largest absolute Gasteiger partial charge is 0.397 e. The van der Waals surface area contributed by atoms with Crippen LogP contribution in [0.25, 0.3) is 5.69 Å². The highest BCUT2D eigenvalue weighted by atomic mass is 15.3. The number of hydrogen-bond acceptors (Lipinski definition) is 2. The first-order chi connectivity index (χ1) is 6.66. The van der Waals surface area contributed by atoms with Gasteiger partial charge >= 0.3 is 0 Å². The molecule has 2 aromatic rings. The van der Waals surface area contributed by atoms with Gasteiger partial charge in [-0.05, 0) is 37.6 Å². The van der Waals surface area contributed by atoms with Crippen LogP contribution in [0, 0.1) is 13.8 Å². The average molecular weight is 187 g/mol. The summed E-state index contributed by atoms with van der Waals surface area (Å²) in [4.78, 5) is 0. The molecule has 0 atom stereocenters. The number of aromatic nitrogens is 2. The summed E-state index contributed by atoms with van der Waals surface area (Å²) in [7, 11) is 0. The van der Waals surface area contributed by atoms with Crippen molar-refractivity contribution in [2.24, 2.45) is 0 Å². The number of benzene rings is 1. The van der Waals surface area contributed by atoms with Gasteiger partial charge < -0.3 is 5.73 Å². The molecule has 0 aliphatic carbocycles. The first-order valence-corrected chi connectivity index (χ1v) is 4.55. The van der Waals surface area contributed by atoms with Crippen LogP contribution in [0.15, 0.2) is 30.5 Å². The maximum atomic E-state index is 5.87. The van der Waals surface area contributed by atoms with Crippen molar-refractivity contribution in [3.05, 3.63) is 41.7 Å². The number of nitrogens with zero attached hydrogens (tertiary/aromatic N) is 2. The molecule has 72 valence electrons. The van der Waals surface area contributed by atoms with Crippen LogP contribution in [-0.2, 0) is 0 Å². The Kier molecular flexibility index (Phi) is 2.00. The average Bonchev–Trinajstić information content (AvgIpc) is 2.56. The summed E-state index contributed by atoms with van der Waals surface area (Å²) in [6.45, 7) is 4.00. The van der Waals surface area contributed by atoms with E-state index in [4.69, 9.17) is 5.73 Å². The fraction of sp³-hybridized carbons (Fsp3) is 0.182. The van der Waals surface area contributed by atoms with Crippen LogP contribution in [0.5, 0.6) is 0 Å². The number of aryl methyl sites for hydroxylation is 2. The highest BCUT2D eigenvalue weighted by Crippen LogP contribution is 2.17. The van der Waals surface area contributed by atoms with Crippen molar-refractivity contribution in [1.29, 1.82) is 0 Å². The minimum atomic E-state index is 0.749. The third-order valence-electron chi connectivity index (χ3n) is 2.16. The summed E-state index contributed by atoms with van der Waals surface area (Å²) in [6, 6.07) is 7.89. The molecule has 14 heavy (non-hydrogen) atoms. The van der Waals surface area contributed by atoms with Crippen molar-refractivity contribution in [3.63, 3.8) is 0 Å². The van der Waals surface area contributed by atoms with Gasteiger partial charge in [-0.3, -0.25) is 0 Å². The molecule has 0 aliphatic rings. The highest BCUT2D eigenvalue weighted by molar-refractivity contribution is 5.58. The summed E-state index contributed by atoms with van der Waals surface area (Å²) in [5.74, 6) is 0. The van der Waals surface area contributed by atoms with Crippen molar-refractivity contribution in [1.82, 2.24) is 9.78 Å². The lowest BCUT2D eigenvalue weighted by Crippen LogP contribution is -2.00. The van der Waals surface area contributed by atoms with Gasteiger partial charge in [-0.1, -0.05) is 6.07 Å². The Balaban J connectivity index is 2.55. The van der Waals surface area contributed by atoms with E-state index >= 15 is 0 Å². The standard InChI is InChI=1S/C11H13N3/c1-8-3-4-10(12)11(7-8)14-6-5-9(2)13-14/h3-7H,12H2,1-2H3. The van der Waals surface area contributed by atoms with Crippen molar-refractivity contribution in [2.45, 2.75) is 13.8 Å². The molecule has 0 aliphatic heterocycles. The van der Waals surface area contributed by atoms with E-state index in [9.17, 15) is 0 Å². The second-order valence-electron chi connectivity index (χ2n) is 3.46. The summed E-state index contributed by atoms with van der Waals surface area (Å²) < 4.78 is 1.80. The molecule has 0 bridgehead atoms. The SMILES string of the molecule is Cc1ccc(N)c(-n2ccc(C)n2)c1. The molecule has 1 heterocycles. The summed E-state index contributed by atoms with van der Waals surface area (Å²) in [6.07, 6.45) is 1.92. The number of anilines is 1. The van der Waals surface area contributed by atoms with E-state index in [1.807, 2.05) is 44.3 Å². The van der Waals surface area contributed by atoms with Gasteiger partial charge in [-0.15, -0.1) is 0 Å². The summed E-state index contributed by atoms with van der Waals surface area (Å²) in [5, 5.41) is 4.32. The number of rotatable bonds is 1. The number of nitrogen functional groups attached to an aromatic ring is 1. The molecule has 0 spiro atoms. The Morgan fingerprint density at radius 1 is 1.21 bits per heavy atom. The van der Waals surface area contributed by atoms with Gasteiger partial charge in [0.25, 0.3) is 0 Å². The molecule has 0 saturated carbocycles. The van der Waals surface area contributed by atoms with Crippen LogP contribution in [0.1, 0.15) is 11.3 Å². The third kappa shape index (κ3) is 1.48. The van der Waals surface area contributed by atoms with Crippen LogP contribution in [0.2, 0.25) is 0 Å². The zero-order chi connectivity index (χ0) is 10.1. The molecule has 0 saturated heterocycles. The maximum absolute atomic E-state index is 5.87. The predicted octanol–water partition coefficient (Wildman–Crippen LogP) is 2.07. The number of nitrogens with two attached hydrogens (primary N) is 1. The first kappa shape index (κ1) is 8.81. The molecule has 3 heteroatoms. The van der Waals surface area contributed by atoms with E-state index in [2.05, 4.69) is 5.10 Å². The van der Waals surface area contributed by atoms with Gasteiger partial charge in [0.2, 0.25) is 0 Å². The minimum absolute atomic E-state index is 0.749. The van der Waals surface area contributed by atoms with Crippen LogP contribution >= 0.6 is 0 Å². The quantitative estimate of drug-likeness (QED) is 0.694. The van der Waals surface area contributed by atoms with E-state index in [0.29, 0.717) is 0 Å². The van der Waals surface area contributed by atoms with Crippen LogP contribution in [0.4, 0.5) is 5.69 Å². The fourth-order valence-electron chi connectivity index (χ4n) is 1.40. The monoisotopic (exact) mass is 187 g/mol. The molecule has 1 aromatic carbocycles. The van der Waals surface area contributed by atoms with Crippen molar-refractivity contribution in [2.75, 3.05) is 5.73 Å². The van der Waals surface area contributed by atoms with Crippen molar-refractivity contribution < 1.29 is 0 Å². The molecule has 1 aromatic heterocycles. The van der Waals surface area contributed by atoms with E-state index in [0.717, 1.165) is 17.1 Å². The van der Waals surface area contributed by atoms with Crippen LogP contribution in [-0.4, -0.2) is 9.78 Å². The molecule has 0 amide bonds. The third-order valence-corrected chi connectivity index (χ3v) is 2.16. The Hall–Kier alpha value is -1.77. The maximum Gasteiger partial charge on any atom is 0.0877 e.